The molecule has 0 spiro atoms. The number of primary amides is 1. The predicted molar refractivity (Wildman–Crippen MR) is 53.3 cm³/mol. The first-order valence-corrected chi connectivity index (χ1v) is 4.41. The third-order valence-corrected chi connectivity index (χ3v) is 1.54. The molecule has 1 rings (SSSR count). The minimum absolute atomic E-state index is 0. The van der Waals surface area contributed by atoms with Crippen molar-refractivity contribution in [3.8, 4) is 0 Å². The lowest BCUT2D eigenvalue weighted by Gasteiger charge is -2.10. The van der Waals surface area contributed by atoms with Gasteiger partial charge in [0.15, 0.2) is 0 Å². The Balaban J connectivity index is 0. The number of hydrogen-bond donors (Lipinski definition) is 2. The molecule has 0 radical (unpaired) electrons. The van der Waals surface area contributed by atoms with Gasteiger partial charge in [0.25, 0.3) is 0 Å². The maximum absolute atomic E-state index is 10.4. The van der Waals surface area contributed by atoms with Crippen LogP contribution in [0.1, 0.15) is 26.7 Å². The Morgan fingerprint density at radius 1 is 1.54 bits per heavy atom. The van der Waals surface area contributed by atoms with E-state index in [1.165, 1.54) is 6.42 Å². The predicted octanol–water partition coefficient (Wildman–Crippen LogP) is -0.310. The molecule has 1 aliphatic rings. The molecule has 1 heterocycles. The summed E-state index contributed by atoms with van der Waals surface area (Å²) in [5, 5.41) is 0. The van der Waals surface area contributed by atoms with Gasteiger partial charge in [-0.25, -0.2) is 4.79 Å². The summed E-state index contributed by atoms with van der Waals surface area (Å²) in [7, 11) is 0. The molecule has 1 saturated heterocycles. The highest BCUT2D eigenvalue weighted by Gasteiger charge is 2.20. The Hall–Kier alpha value is -0.810. The Bertz CT molecular complexity index is 141. The van der Waals surface area contributed by atoms with Crippen molar-refractivity contribution in [1.82, 2.24) is 4.90 Å². The van der Waals surface area contributed by atoms with E-state index in [0.717, 1.165) is 13.0 Å². The van der Waals surface area contributed by atoms with Crippen LogP contribution < -0.4 is 11.5 Å². The second-order valence-electron chi connectivity index (χ2n) is 3.04. The van der Waals surface area contributed by atoms with Gasteiger partial charge in [-0.05, 0) is 6.42 Å². The lowest BCUT2D eigenvalue weighted by Crippen LogP contribution is -2.35. The van der Waals surface area contributed by atoms with Gasteiger partial charge in [-0.2, -0.15) is 0 Å². The van der Waals surface area contributed by atoms with Crippen molar-refractivity contribution in [2.24, 2.45) is 11.5 Å². The summed E-state index contributed by atoms with van der Waals surface area (Å²) in [4.78, 5) is 12.0. The van der Waals surface area contributed by atoms with Crippen LogP contribution in [-0.4, -0.2) is 35.5 Å². The van der Waals surface area contributed by atoms with Gasteiger partial charge in [0.2, 0.25) is 0 Å². The number of nitrogens with two attached hydrogens (primary N) is 2. The number of hydrogen-bond acceptors (Lipinski definition) is 2. The third-order valence-electron chi connectivity index (χ3n) is 1.54. The smallest absolute Gasteiger partial charge is 0.314 e. The molecule has 0 saturated carbocycles. The minimum atomic E-state index is -0.358. The summed E-state index contributed by atoms with van der Waals surface area (Å²) < 4.78 is 0. The molecule has 6 N–H and O–H groups in total. The normalized spacial score (nSPS) is 19.9. The summed E-state index contributed by atoms with van der Waals surface area (Å²) in [5.74, 6) is 0. The number of carbonyl (C=O) groups excluding carboxylic acids is 1. The van der Waals surface area contributed by atoms with Crippen molar-refractivity contribution < 1.29 is 10.3 Å². The van der Waals surface area contributed by atoms with Crippen LogP contribution in [0.4, 0.5) is 4.79 Å². The molecule has 1 atom stereocenters. The number of amides is 2. The van der Waals surface area contributed by atoms with Crippen LogP contribution in [0.25, 0.3) is 0 Å². The van der Waals surface area contributed by atoms with Crippen LogP contribution in [0.2, 0.25) is 0 Å². The second kappa shape index (κ2) is 7.82. The van der Waals surface area contributed by atoms with E-state index >= 15 is 0 Å². The van der Waals surface area contributed by atoms with Gasteiger partial charge in [0.05, 0.1) is 0 Å². The Labute approximate surface area is 79.4 Å². The molecule has 0 aliphatic carbocycles. The summed E-state index contributed by atoms with van der Waals surface area (Å²) in [5.41, 5.74) is 10.5. The zero-order chi connectivity index (χ0) is 9.56. The maximum Gasteiger partial charge on any atom is 0.314 e. The number of carbonyl (C=O) groups is 1. The lowest BCUT2D eigenvalue weighted by atomic mass is 10.3. The number of urea groups is 1. The number of likely N-dealkylation sites (tertiary alicyclic amines) is 1. The van der Waals surface area contributed by atoms with Crippen molar-refractivity contribution in [1.29, 1.82) is 0 Å². The monoisotopic (exact) mass is 191 g/mol. The standard InChI is InChI=1S/C5H11N3O.C3H8.H2O/c6-4-1-2-8(3-4)5(7)9;1-3-2;/h4H,1-3,6H2,(H2,7,9);3H2,1-2H3;1H2. The second-order valence-corrected chi connectivity index (χ2v) is 3.04. The maximum atomic E-state index is 10.4. The Morgan fingerprint density at radius 2 is 2.00 bits per heavy atom. The van der Waals surface area contributed by atoms with Crippen LogP contribution in [0, 0.1) is 0 Å². The molecule has 0 aromatic carbocycles. The van der Waals surface area contributed by atoms with E-state index in [9.17, 15) is 4.79 Å². The fourth-order valence-electron chi connectivity index (χ4n) is 0.987. The molecule has 2 amide bonds. The first-order valence-electron chi connectivity index (χ1n) is 4.41. The van der Waals surface area contributed by atoms with E-state index in [2.05, 4.69) is 13.8 Å². The van der Waals surface area contributed by atoms with Gasteiger partial charge in [-0.15, -0.1) is 0 Å². The average molecular weight is 191 g/mol. The Kier molecular flexibility index (Phi) is 8.84. The first kappa shape index (κ1) is 14.7. The highest BCUT2D eigenvalue weighted by Crippen LogP contribution is 2.04. The lowest BCUT2D eigenvalue weighted by molar-refractivity contribution is 0.218. The SMILES string of the molecule is CCC.NC(=O)N1CCC(N)C1.O. The van der Waals surface area contributed by atoms with Gasteiger partial charge in [-0.1, -0.05) is 20.3 Å². The van der Waals surface area contributed by atoms with Crippen molar-refractivity contribution in [2.75, 3.05) is 13.1 Å². The molecule has 0 aromatic heterocycles. The quantitative estimate of drug-likeness (QED) is 0.548. The van der Waals surface area contributed by atoms with E-state index in [0.29, 0.717) is 6.54 Å². The molecule has 5 heteroatoms. The number of rotatable bonds is 0. The average Bonchev–Trinajstić information content (AvgIpc) is 2.37. The van der Waals surface area contributed by atoms with Crippen molar-refractivity contribution >= 4 is 6.03 Å². The fourth-order valence-corrected chi connectivity index (χ4v) is 0.987. The molecule has 1 unspecified atom stereocenters. The molecule has 80 valence electrons. The van der Waals surface area contributed by atoms with Crippen molar-refractivity contribution in [3.05, 3.63) is 0 Å². The molecule has 13 heavy (non-hydrogen) atoms. The first-order chi connectivity index (χ1) is 5.61. The van der Waals surface area contributed by atoms with Gasteiger partial charge in [0.1, 0.15) is 0 Å². The van der Waals surface area contributed by atoms with E-state index in [1.807, 2.05) is 0 Å². The van der Waals surface area contributed by atoms with Crippen LogP contribution in [0.5, 0.6) is 0 Å². The highest BCUT2D eigenvalue weighted by molar-refractivity contribution is 5.72. The van der Waals surface area contributed by atoms with Crippen molar-refractivity contribution in [3.63, 3.8) is 0 Å². The van der Waals surface area contributed by atoms with E-state index in [4.69, 9.17) is 11.5 Å². The van der Waals surface area contributed by atoms with E-state index in [-0.39, 0.29) is 17.5 Å². The largest absolute Gasteiger partial charge is 0.412 e. The summed E-state index contributed by atoms with van der Waals surface area (Å²) in [6.07, 6.45) is 2.13. The Morgan fingerprint density at radius 3 is 2.15 bits per heavy atom. The van der Waals surface area contributed by atoms with Crippen LogP contribution in [0.3, 0.4) is 0 Å². The molecule has 0 bridgehead atoms. The molecule has 5 nitrogen and oxygen atoms in total. The fraction of sp³-hybridized carbons (Fsp3) is 0.875. The van der Waals surface area contributed by atoms with Crippen LogP contribution in [0.15, 0.2) is 0 Å². The molecule has 0 aromatic rings. The molecule has 1 aliphatic heterocycles. The molecule has 1 fully saturated rings. The highest BCUT2D eigenvalue weighted by atomic mass is 16.2. The van der Waals surface area contributed by atoms with Crippen LogP contribution >= 0.6 is 0 Å². The zero-order valence-electron chi connectivity index (χ0n) is 8.42. The molecular weight excluding hydrogens is 170 g/mol. The van der Waals surface area contributed by atoms with E-state index in [1.54, 1.807) is 4.90 Å². The third kappa shape index (κ3) is 6.36. The van der Waals surface area contributed by atoms with Gasteiger partial charge >= 0.3 is 6.03 Å². The van der Waals surface area contributed by atoms with Crippen LogP contribution in [-0.2, 0) is 0 Å². The van der Waals surface area contributed by atoms with Gasteiger partial charge < -0.3 is 21.8 Å². The summed E-state index contributed by atoms with van der Waals surface area (Å²) in [6, 6.07) is -0.222. The number of nitrogens with zero attached hydrogens (tertiary/aromatic N) is 1. The summed E-state index contributed by atoms with van der Waals surface area (Å²) in [6.45, 7) is 5.59. The minimum Gasteiger partial charge on any atom is -0.412 e. The topological polar surface area (TPSA) is 104 Å². The van der Waals surface area contributed by atoms with Gasteiger partial charge in [-0.3, -0.25) is 0 Å². The van der Waals surface area contributed by atoms with Crippen molar-refractivity contribution in [2.45, 2.75) is 32.7 Å². The summed E-state index contributed by atoms with van der Waals surface area (Å²) >= 11 is 0. The zero-order valence-corrected chi connectivity index (χ0v) is 8.42. The van der Waals surface area contributed by atoms with Gasteiger partial charge in [0, 0.05) is 19.1 Å². The molecular formula is C8H21N3O2. The van der Waals surface area contributed by atoms with E-state index < -0.39 is 0 Å².